The summed E-state index contributed by atoms with van der Waals surface area (Å²) in [5, 5.41) is 3.52. The lowest BCUT2D eigenvalue weighted by Crippen LogP contribution is -2.56. The molecule has 23 heavy (non-hydrogen) atoms. The van der Waals surface area contributed by atoms with Gasteiger partial charge in [-0.1, -0.05) is 27.2 Å². The van der Waals surface area contributed by atoms with Gasteiger partial charge in [-0.2, -0.15) is 0 Å². The molecule has 0 amide bonds. The normalized spacial score (nSPS) is 23.3. The third kappa shape index (κ3) is 5.44. The second kappa shape index (κ2) is 8.31. The number of hydrogen-bond acceptors (Lipinski definition) is 3. The van der Waals surface area contributed by atoms with Crippen molar-refractivity contribution in [3.8, 4) is 0 Å². The van der Waals surface area contributed by atoms with E-state index >= 15 is 0 Å². The number of unbranched alkanes of at least 4 members (excludes halogenated alkanes) is 1. The number of hydrogen-bond donors (Lipinski definition) is 1. The molecule has 0 aromatic carbocycles. The molecule has 3 nitrogen and oxygen atoms in total. The molecule has 136 valence electrons. The van der Waals surface area contributed by atoms with Gasteiger partial charge >= 0.3 is 0 Å². The Kier molecular flexibility index (Phi) is 6.94. The molecule has 0 spiro atoms. The van der Waals surface area contributed by atoms with E-state index in [0.717, 1.165) is 5.92 Å². The van der Waals surface area contributed by atoms with Gasteiger partial charge in [0.05, 0.1) is 0 Å². The molecule has 0 aliphatic carbocycles. The Bertz CT molecular complexity index is 337. The van der Waals surface area contributed by atoms with Crippen molar-refractivity contribution < 1.29 is 0 Å². The van der Waals surface area contributed by atoms with Gasteiger partial charge in [-0.15, -0.1) is 0 Å². The van der Waals surface area contributed by atoms with Crippen LogP contribution in [-0.4, -0.2) is 61.2 Å². The van der Waals surface area contributed by atoms with Crippen molar-refractivity contribution >= 4 is 0 Å². The molecule has 3 heteroatoms. The number of piperazine rings is 1. The number of rotatable bonds is 7. The molecular weight excluding hydrogens is 282 g/mol. The van der Waals surface area contributed by atoms with Crippen LogP contribution in [0, 0.1) is 11.3 Å². The molecule has 0 radical (unpaired) electrons. The smallest absolute Gasteiger partial charge is 0.0159 e. The van der Waals surface area contributed by atoms with Crippen LogP contribution in [-0.2, 0) is 0 Å². The first-order valence-electron chi connectivity index (χ1n) is 10.0. The minimum absolute atomic E-state index is 0.325. The van der Waals surface area contributed by atoms with Crippen LogP contribution in [0.3, 0.4) is 0 Å². The molecule has 0 aromatic rings. The van der Waals surface area contributed by atoms with E-state index in [4.69, 9.17) is 0 Å². The molecule has 2 fully saturated rings. The van der Waals surface area contributed by atoms with Gasteiger partial charge in [0.15, 0.2) is 0 Å². The predicted octanol–water partition coefficient (Wildman–Crippen LogP) is 3.60. The molecule has 2 aliphatic rings. The van der Waals surface area contributed by atoms with E-state index in [1.165, 1.54) is 77.9 Å². The maximum absolute atomic E-state index is 3.52. The van der Waals surface area contributed by atoms with Crippen LogP contribution in [0.15, 0.2) is 0 Å². The van der Waals surface area contributed by atoms with E-state index in [-0.39, 0.29) is 0 Å². The second-order valence-corrected chi connectivity index (χ2v) is 9.18. The SMILES string of the molecule is CCCCN1CCN(C(C)(C)CC(C)(C)C2CCNCC2)CC1. The maximum atomic E-state index is 3.52. The molecule has 1 N–H and O–H groups in total. The maximum Gasteiger partial charge on any atom is 0.0159 e. The van der Waals surface area contributed by atoms with Gasteiger partial charge in [-0.05, 0) is 70.5 Å². The fourth-order valence-electron chi connectivity index (χ4n) is 4.93. The van der Waals surface area contributed by atoms with Crippen LogP contribution in [0.2, 0.25) is 0 Å². The van der Waals surface area contributed by atoms with E-state index in [1.807, 2.05) is 0 Å². The Morgan fingerprint density at radius 1 is 0.957 bits per heavy atom. The fraction of sp³-hybridized carbons (Fsp3) is 1.00. The molecular formula is C20H41N3. The number of nitrogens with zero attached hydrogens (tertiary/aromatic N) is 2. The van der Waals surface area contributed by atoms with Crippen LogP contribution < -0.4 is 5.32 Å². The lowest BCUT2D eigenvalue weighted by Gasteiger charge is -2.49. The molecule has 2 heterocycles. The van der Waals surface area contributed by atoms with Crippen molar-refractivity contribution in [2.45, 2.75) is 72.3 Å². The van der Waals surface area contributed by atoms with E-state index in [1.54, 1.807) is 0 Å². The predicted molar refractivity (Wildman–Crippen MR) is 101 cm³/mol. The van der Waals surface area contributed by atoms with Gasteiger partial charge in [0.2, 0.25) is 0 Å². The van der Waals surface area contributed by atoms with Crippen LogP contribution >= 0.6 is 0 Å². The summed E-state index contributed by atoms with van der Waals surface area (Å²) in [4.78, 5) is 5.42. The van der Waals surface area contributed by atoms with Crippen molar-refractivity contribution in [3.05, 3.63) is 0 Å². The van der Waals surface area contributed by atoms with E-state index in [2.05, 4.69) is 49.7 Å². The molecule has 0 bridgehead atoms. The summed E-state index contributed by atoms with van der Waals surface area (Å²) < 4.78 is 0. The largest absolute Gasteiger partial charge is 0.317 e. The lowest BCUT2D eigenvalue weighted by atomic mass is 9.67. The van der Waals surface area contributed by atoms with Gasteiger partial charge in [0.25, 0.3) is 0 Å². The summed E-state index contributed by atoms with van der Waals surface area (Å²) in [7, 11) is 0. The third-order valence-corrected chi connectivity index (χ3v) is 6.39. The minimum Gasteiger partial charge on any atom is -0.317 e. The zero-order valence-electron chi connectivity index (χ0n) is 16.5. The summed E-state index contributed by atoms with van der Waals surface area (Å²) in [5.41, 5.74) is 0.774. The van der Waals surface area contributed by atoms with E-state index in [0.29, 0.717) is 11.0 Å². The topological polar surface area (TPSA) is 18.5 Å². The average molecular weight is 324 g/mol. The summed E-state index contributed by atoms with van der Waals surface area (Å²) >= 11 is 0. The van der Waals surface area contributed by atoms with Gasteiger partial charge < -0.3 is 10.2 Å². The molecule has 0 aromatic heterocycles. The molecule has 0 atom stereocenters. The molecule has 0 unspecified atom stereocenters. The highest BCUT2D eigenvalue weighted by Gasteiger charge is 2.39. The Labute approximate surface area is 145 Å². The van der Waals surface area contributed by atoms with Gasteiger partial charge in [0, 0.05) is 31.7 Å². The van der Waals surface area contributed by atoms with Crippen LogP contribution in [0.1, 0.15) is 66.7 Å². The molecule has 2 rings (SSSR count). The molecule has 2 aliphatic heterocycles. The first-order chi connectivity index (χ1) is 10.8. The monoisotopic (exact) mass is 323 g/mol. The van der Waals surface area contributed by atoms with E-state index in [9.17, 15) is 0 Å². The average Bonchev–Trinajstić information content (AvgIpc) is 2.53. The lowest BCUT2D eigenvalue weighted by molar-refractivity contribution is 0.00694. The highest BCUT2D eigenvalue weighted by Crippen LogP contribution is 2.41. The van der Waals surface area contributed by atoms with Gasteiger partial charge in [-0.3, -0.25) is 4.90 Å². The van der Waals surface area contributed by atoms with Crippen LogP contribution in [0.25, 0.3) is 0 Å². The van der Waals surface area contributed by atoms with Gasteiger partial charge in [-0.25, -0.2) is 0 Å². The van der Waals surface area contributed by atoms with Crippen molar-refractivity contribution in [1.82, 2.24) is 15.1 Å². The van der Waals surface area contributed by atoms with Crippen molar-refractivity contribution in [1.29, 1.82) is 0 Å². The summed E-state index contributed by atoms with van der Waals surface area (Å²) in [6.45, 7) is 21.0. The molecule has 0 saturated carbocycles. The summed E-state index contributed by atoms with van der Waals surface area (Å²) in [6, 6.07) is 0. The Hall–Kier alpha value is -0.120. The quantitative estimate of drug-likeness (QED) is 0.772. The minimum atomic E-state index is 0.325. The van der Waals surface area contributed by atoms with Crippen molar-refractivity contribution in [3.63, 3.8) is 0 Å². The van der Waals surface area contributed by atoms with Crippen molar-refractivity contribution in [2.75, 3.05) is 45.8 Å². The summed E-state index contributed by atoms with van der Waals surface area (Å²) in [5.74, 6) is 0.883. The first kappa shape index (κ1) is 19.2. The zero-order chi connectivity index (χ0) is 16.9. The summed E-state index contributed by atoms with van der Waals surface area (Å²) in [6.07, 6.45) is 6.70. The van der Waals surface area contributed by atoms with Crippen LogP contribution in [0.4, 0.5) is 0 Å². The Balaban J connectivity index is 1.86. The highest BCUT2D eigenvalue weighted by atomic mass is 15.3. The number of nitrogens with one attached hydrogen (secondary N) is 1. The Morgan fingerprint density at radius 3 is 2.13 bits per heavy atom. The number of piperidine rings is 1. The van der Waals surface area contributed by atoms with Gasteiger partial charge in [0.1, 0.15) is 0 Å². The van der Waals surface area contributed by atoms with Crippen LogP contribution in [0.5, 0.6) is 0 Å². The Morgan fingerprint density at radius 2 is 1.57 bits per heavy atom. The second-order valence-electron chi connectivity index (χ2n) is 9.18. The molecule has 2 saturated heterocycles. The standard InChI is InChI=1S/C20H41N3/c1-6-7-12-22-13-15-23(16-14-22)20(4,5)17-19(2,3)18-8-10-21-11-9-18/h18,21H,6-17H2,1-5H3. The zero-order valence-corrected chi connectivity index (χ0v) is 16.5. The highest BCUT2D eigenvalue weighted by molar-refractivity contribution is 4.93. The van der Waals surface area contributed by atoms with Crippen molar-refractivity contribution in [2.24, 2.45) is 11.3 Å². The van der Waals surface area contributed by atoms with E-state index < -0.39 is 0 Å². The first-order valence-corrected chi connectivity index (χ1v) is 10.0. The third-order valence-electron chi connectivity index (χ3n) is 6.39. The fourth-order valence-corrected chi connectivity index (χ4v) is 4.93.